The monoisotopic (exact) mass is 223 g/mol. The summed E-state index contributed by atoms with van der Waals surface area (Å²) in [6.45, 7) is 0.521. The molecule has 0 amide bonds. The molecular weight excluding hydrogens is 206 g/mol. The van der Waals surface area contributed by atoms with Gasteiger partial charge in [-0.15, -0.1) is 0 Å². The first-order valence-electron chi connectivity index (χ1n) is 5.17. The molecule has 0 saturated heterocycles. The van der Waals surface area contributed by atoms with Crippen molar-refractivity contribution in [2.75, 3.05) is 20.8 Å². The highest BCUT2D eigenvalue weighted by Crippen LogP contribution is 2.23. The minimum atomic E-state index is 0.0580. The molecule has 0 aromatic heterocycles. The van der Waals surface area contributed by atoms with Crippen LogP contribution in [0.3, 0.4) is 0 Å². The second-order valence-corrected chi connectivity index (χ2v) is 3.42. The first kappa shape index (κ1) is 12.5. The highest BCUT2D eigenvalue weighted by molar-refractivity contribution is 5.96. The van der Waals surface area contributed by atoms with E-state index < -0.39 is 0 Å². The second-order valence-electron chi connectivity index (χ2n) is 3.42. The fraction of sp³-hybridized carbons (Fsp3) is 0.417. The Balaban J connectivity index is 2.89. The van der Waals surface area contributed by atoms with Crippen LogP contribution < -0.4 is 15.2 Å². The summed E-state index contributed by atoms with van der Waals surface area (Å²) in [4.78, 5) is 11.8. The number of ketones is 1. The van der Waals surface area contributed by atoms with Gasteiger partial charge in [0, 0.05) is 18.1 Å². The number of benzene rings is 1. The Labute approximate surface area is 95.3 Å². The standard InChI is InChI=1S/C12H17NO3/c1-15-10-6-9(7-11(8-10)16-2)12(14)4-3-5-13/h6-8H,3-5,13H2,1-2H3. The highest BCUT2D eigenvalue weighted by Gasteiger charge is 2.09. The Bertz CT molecular complexity index is 341. The molecule has 2 N–H and O–H groups in total. The van der Waals surface area contributed by atoms with Gasteiger partial charge in [0.05, 0.1) is 14.2 Å². The van der Waals surface area contributed by atoms with Gasteiger partial charge in [0.15, 0.2) is 5.78 Å². The summed E-state index contributed by atoms with van der Waals surface area (Å²) < 4.78 is 10.2. The Kier molecular flexibility index (Phi) is 4.79. The number of hydrogen-bond donors (Lipinski definition) is 1. The van der Waals surface area contributed by atoms with Crippen molar-refractivity contribution in [3.8, 4) is 11.5 Å². The van der Waals surface area contributed by atoms with Gasteiger partial charge in [-0.25, -0.2) is 0 Å². The number of carbonyl (C=O) groups excluding carboxylic acids is 1. The van der Waals surface area contributed by atoms with Crippen LogP contribution in [0, 0.1) is 0 Å². The summed E-state index contributed by atoms with van der Waals surface area (Å²) in [5, 5.41) is 0. The van der Waals surface area contributed by atoms with Crippen LogP contribution in [0.4, 0.5) is 0 Å². The molecule has 4 nitrogen and oxygen atoms in total. The molecule has 16 heavy (non-hydrogen) atoms. The van der Waals surface area contributed by atoms with Gasteiger partial charge in [-0.2, -0.15) is 0 Å². The fourth-order valence-corrected chi connectivity index (χ4v) is 1.38. The molecule has 0 spiro atoms. The van der Waals surface area contributed by atoms with Gasteiger partial charge in [0.1, 0.15) is 11.5 Å². The Morgan fingerprint density at radius 3 is 2.19 bits per heavy atom. The van der Waals surface area contributed by atoms with Crippen LogP contribution in [0.2, 0.25) is 0 Å². The van der Waals surface area contributed by atoms with Crippen LogP contribution in [-0.2, 0) is 0 Å². The van der Waals surface area contributed by atoms with Gasteiger partial charge in [0.25, 0.3) is 0 Å². The van der Waals surface area contributed by atoms with Crippen molar-refractivity contribution in [1.82, 2.24) is 0 Å². The average molecular weight is 223 g/mol. The molecule has 0 saturated carbocycles. The van der Waals surface area contributed by atoms with E-state index in [4.69, 9.17) is 15.2 Å². The fourth-order valence-electron chi connectivity index (χ4n) is 1.38. The normalized spacial score (nSPS) is 9.94. The van der Waals surface area contributed by atoms with E-state index in [-0.39, 0.29) is 5.78 Å². The van der Waals surface area contributed by atoms with Crippen molar-refractivity contribution >= 4 is 5.78 Å². The molecule has 1 aromatic rings. The van der Waals surface area contributed by atoms with Gasteiger partial charge in [-0.1, -0.05) is 0 Å². The Morgan fingerprint density at radius 1 is 1.19 bits per heavy atom. The molecule has 1 aromatic carbocycles. The van der Waals surface area contributed by atoms with Crippen LogP contribution >= 0.6 is 0 Å². The van der Waals surface area contributed by atoms with Gasteiger partial charge in [-0.3, -0.25) is 4.79 Å². The molecule has 0 bridgehead atoms. The molecule has 0 atom stereocenters. The molecule has 0 radical (unpaired) electrons. The number of rotatable bonds is 6. The smallest absolute Gasteiger partial charge is 0.163 e. The van der Waals surface area contributed by atoms with E-state index in [1.807, 2.05) is 0 Å². The first-order valence-corrected chi connectivity index (χ1v) is 5.17. The maximum atomic E-state index is 11.8. The zero-order valence-corrected chi connectivity index (χ0v) is 9.66. The quantitative estimate of drug-likeness (QED) is 0.744. The molecule has 0 aliphatic rings. The summed E-state index contributed by atoms with van der Waals surface area (Å²) in [5.41, 5.74) is 5.97. The third-order valence-corrected chi connectivity index (χ3v) is 2.28. The van der Waals surface area contributed by atoms with Gasteiger partial charge in [0.2, 0.25) is 0 Å². The van der Waals surface area contributed by atoms with Crippen LogP contribution in [0.25, 0.3) is 0 Å². The summed E-state index contributed by atoms with van der Waals surface area (Å²) in [6.07, 6.45) is 1.14. The average Bonchev–Trinajstić information content (AvgIpc) is 2.35. The van der Waals surface area contributed by atoms with E-state index in [0.29, 0.717) is 36.4 Å². The number of methoxy groups -OCH3 is 2. The third kappa shape index (κ3) is 3.24. The minimum absolute atomic E-state index is 0.0580. The van der Waals surface area contributed by atoms with Gasteiger partial charge < -0.3 is 15.2 Å². The third-order valence-electron chi connectivity index (χ3n) is 2.28. The molecule has 0 aliphatic heterocycles. The van der Waals surface area contributed by atoms with E-state index in [1.165, 1.54) is 0 Å². The number of ether oxygens (including phenoxy) is 2. The van der Waals surface area contributed by atoms with E-state index in [1.54, 1.807) is 32.4 Å². The van der Waals surface area contributed by atoms with Crippen molar-refractivity contribution in [2.24, 2.45) is 5.73 Å². The summed E-state index contributed by atoms with van der Waals surface area (Å²) in [7, 11) is 3.12. The molecule has 0 unspecified atom stereocenters. The zero-order valence-electron chi connectivity index (χ0n) is 9.66. The molecular formula is C12H17NO3. The maximum Gasteiger partial charge on any atom is 0.163 e. The Hall–Kier alpha value is -1.55. The van der Waals surface area contributed by atoms with Crippen LogP contribution in [0.5, 0.6) is 11.5 Å². The minimum Gasteiger partial charge on any atom is -0.497 e. The number of nitrogens with two attached hydrogens (primary N) is 1. The topological polar surface area (TPSA) is 61.5 Å². The summed E-state index contributed by atoms with van der Waals surface area (Å²) in [5.74, 6) is 1.30. The zero-order chi connectivity index (χ0) is 12.0. The van der Waals surface area contributed by atoms with E-state index >= 15 is 0 Å². The van der Waals surface area contributed by atoms with Crippen molar-refractivity contribution in [3.63, 3.8) is 0 Å². The lowest BCUT2D eigenvalue weighted by Gasteiger charge is -2.07. The first-order chi connectivity index (χ1) is 7.71. The lowest BCUT2D eigenvalue weighted by Crippen LogP contribution is -2.05. The molecule has 4 heteroatoms. The molecule has 88 valence electrons. The molecule has 0 aliphatic carbocycles. The predicted molar refractivity (Wildman–Crippen MR) is 62.2 cm³/mol. The van der Waals surface area contributed by atoms with Gasteiger partial charge >= 0.3 is 0 Å². The lowest BCUT2D eigenvalue weighted by atomic mass is 10.1. The number of hydrogen-bond acceptors (Lipinski definition) is 4. The van der Waals surface area contributed by atoms with E-state index in [9.17, 15) is 4.79 Å². The van der Waals surface area contributed by atoms with Crippen molar-refractivity contribution < 1.29 is 14.3 Å². The predicted octanol–water partition coefficient (Wildman–Crippen LogP) is 1.63. The van der Waals surface area contributed by atoms with Crippen molar-refractivity contribution in [1.29, 1.82) is 0 Å². The van der Waals surface area contributed by atoms with Crippen LogP contribution in [-0.4, -0.2) is 26.5 Å². The second kappa shape index (κ2) is 6.12. The number of carbonyl (C=O) groups is 1. The molecule has 1 rings (SSSR count). The highest BCUT2D eigenvalue weighted by atomic mass is 16.5. The Morgan fingerprint density at radius 2 is 1.75 bits per heavy atom. The molecule has 0 heterocycles. The summed E-state index contributed by atoms with van der Waals surface area (Å²) in [6, 6.07) is 5.16. The van der Waals surface area contributed by atoms with Crippen LogP contribution in [0.15, 0.2) is 18.2 Å². The number of Topliss-reactive ketones (excluding diaryl/α,β-unsaturated/α-hetero) is 1. The van der Waals surface area contributed by atoms with Crippen molar-refractivity contribution in [2.45, 2.75) is 12.8 Å². The molecule has 0 fully saturated rings. The SMILES string of the molecule is COc1cc(OC)cc(C(=O)CCCN)c1. The largest absolute Gasteiger partial charge is 0.497 e. The lowest BCUT2D eigenvalue weighted by molar-refractivity contribution is 0.0980. The van der Waals surface area contributed by atoms with E-state index in [2.05, 4.69) is 0 Å². The van der Waals surface area contributed by atoms with Crippen molar-refractivity contribution in [3.05, 3.63) is 23.8 Å². The van der Waals surface area contributed by atoms with E-state index in [0.717, 1.165) is 0 Å². The van der Waals surface area contributed by atoms with Crippen LogP contribution in [0.1, 0.15) is 23.2 Å². The maximum absolute atomic E-state index is 11.8. The van der Waals surface area contributed by atoms with Gasteiger partial charge in [-0.05, 0) is 25.1 Å². The summed E-state index contributed by atoms with van der Waals surface area (Å²) >= 11 is 0.